The Morgan fingerprint density at radius 3 is 1.94 bits per heavy atom. The summed E-state index contributed by atoms with van der Waals surface area (Å²) in [6, 6.07) is 9.40. The average Bonchev–Trinajstić information content (AvgIpc) is 2.71. The van der Waals surface area contributed by atoms with Crippen LogP contribution in [0, 0.1) is 5.41 Å². The van der Waals surface area contributed by atoms with Crippen molar-refractivity contribution in [2.45, 2.75) is 39.7 Å². The number of hydrogen-bond acceptors (Lipinski definition) is 5. The first kappa shape index (κ1) is 22.7. The fourth-order valence-corrected chi connectivity index (χ4v) is 3.66. The summed E-state index contributed by atoms with van der Waals surface area (Å²) in [5.41, 5.74) is 1.70. The molecule has 1 unspecified atom stereocenters. The predicted octanol–water partition coefficient (Wildman–Crippen LogP) is 5.76. The summed E-state index contributed by atoms with van der Waals surface area (Å²) in [5, 5.41) is 0. The lowest BCUT2D eigenvalue weighted by atomic mass is 9.70. The standard InChI is InChI=1S/C23H24F3N3O2/c1-5-30-22(21(2,3)4,18-13-27-15-28-14-18)20-11-8-17(12-29-20)16-6-9-19(10-7-16)31-23(24,25)26/h6-15H,5H2,1-4H3. The van der Waals surface area contributed by atoms with Gasteiger partial charge in [0, 0.05) is 41.7 Å². The number of hydrogen-bond donors (Lipinski definition) is 0. The molecule has 0 bridgehead atoms. The quantitative estimate of drug-likeness (QED) is 0.496. The molecule has 2 aromatic heterocycles. The third-order valence-corrected chi connectivity index (χ3v) is 4.93. The molecular formula is C23H24F3N3O2. The summed E-state index contributed by atoms with van der Waals surface area (Å²) >= 11 is 0. The molecule has 5 nitrogen and oxygen atoms in total. The first-order chi connectivity index (χ1) is 14.6. The van der Waals surface area contributed by atoms with Crippen molar-refractivity contribution < 1.29 is 22.6 Å². The highest BCUT2D eigenvalue weighted by atomic mass is 19.4. The van der Waals surface area contributed by atoms with E-state index >= 15 is 0 Å². The average molecular weight is 431 g/mol. The first-order valence-electron chi connectivity index (χ1n) is 9.79. The summed E-state index contributed by atoms with van der Waals surface area (Å²) < 4.78 is 47.3. The Bertz CT molecular complexity index is 986. The molecule has 0 N–H and O–H groups in total. The van der Waals surface area contributed by atoms with Gasteiger partial charge in [0.15, 0.2) is 0 Å². The van der Waals surface area contributed by atoms with Crippen LogP contribution in [0.25, 0.3) is 11.1 Å². The number of benzene rings is 1. The van der Waals surface area contributed by atoms with Crippen LogP contribution in [-0.4, -0.2) is 27.9 Å². The van der Waals surface area contributed by atoms with Crippen LogP contribution in [0.3, 0.4) is 0 Å². The number of rotatable bonds is 6. The Morgan fingerprint density at radius 1 is 0.839 bits per heavy atom. The molecule has 2 heterocycles. The molecule has 164 valence electrons. The zero-order chi connectivity index (χ0) is 22.7. The van der Waals surface area contributed by atoms with Crippen molar-refractivity contribution in [3.8, 4) is 16.9 Å². The van der Waals surface area contributed by atoms with Gasteiger partial charge in [-0.3, -0.25) is 4.98 Å². The van der Waals surface area contributed by atoms with Crippen LogP contribution < -0.4 is 4.74 Å². The summed E-state index contributed by atoms with van der Waals surface area (Å²) in [6.45, 7) is 8.55. The largest absolute Gasteiger partial charge is 0.573 e. The molecule has 0 spiro atoms. The van der Waals surface area contributed by atoms with Gasteiger partial charge in [0.2, 0.25) is 0 Å². The number of halogens is 3. The van der Waals surface area contributed by atoms with Crippen LogP contribution in [0.15, 0.2) is 61.3 Å². The lowest BCUT2D eigenvalue weighted by molar-refractivity contribution is -0.274. The zero-order valence-corrected chi connectivity index (χ0v) is 17.8. The first-order valence-corrected chi connectivity index (χ1v) is 9.79. The number of pyridine rings is 1. The van der Waals surface area contributed by atoms with Gasteiger partial charge in [-0.15, -0.1) is 13.2 Å². The van der Waals surface area contributed by atoms with E-state index in [4.69, 9.17) is 4.74 Å². The van der Waals surface area contributed by atoms with E-state index in [1.54, 1.807) is 30.7 Å². The molecule has 0 radical (unpaired) electrons. The molecule has 3 rings (SSSR count). The summed E-state index contributed by atoms with van der Waals surface area (Å²) in [7, 11) is 0. The van der Waals surface area contributed by atoms with Gasteiger partial charge >= 0.3 is 6.36 Å². The highest BCUT2D eigenvalue weighted by Crippen LogP contribution is 2.47. The highest BCUT2D eigenvalue weighted by Gasteiger charge is 2.48. The van der Waals surface area contributed by atoms with Crippen LogP contribution in [0.5, 0.6) is 5.75 Å². The molecule has 0 aliphatic carbocycles. The molecule has 1 aromatic carbocycles. The van der Waals surface area contributed by atoms with Gasteiger partial charge in [-0.1, -0.05) is 39.0 Å². The lowest BCUT2D eigenvalue weighted by Crippen LogP contribution is -2.44. The van der Waals surface area contributed by atoms with Crippen molar-refractivity contribution in [3.63, 3.8) is 0 Å². The van der Waals surface area contributed by atoms with Crippen molar-refractivity contribution in [1.29, 1.82) is 0 Å². The van der Waals surface area contributed by atoms with E-state index in [1.807, 2.05) is 19.1 Å². The van der Waals surface area contributed by atoms with E-state index in [1.165, 1.54) is 18.5 Å². The second kappa shape index (κ2) is 8.63. The Kier molecular flexibility index (Phi) is 6.31. The van der Waals surface area contributed by atoms with E-state index < -0.39 is 12.0 Å². The maximum absolute atomic E-state index is 12.4. The van der Waals surface area contributed by atoms with Crippen molar-refractivity contribution in [2.24, 2.45) is 5.41 Å². The number of ether oxygens (including phenoxy) is 2. The normalized spacial score (nSPS) is 14.2. The molecule has 0 amide bonds. The molecule has 0 fully saturated rings. The van der Waals surface area contributed by atoms with Gasteiger partial charge in [0.25, 0.3) is 0 Å². The minimum Gasteiger partial charge on any atom is -0.406 e. The van der Waals surface area contributed by atoms with Gasteiger partial charge in [0.05, 0.1) is 5.69 Å². The maximum atomic E-state index is 12.4. The number of nitrogens with zero attached hydrogens (tertiary/aromatic N) is 3. The third kappa shape index (κ3) is 4.85. The van der Waals surface area contributed by atoms with Gasteiger partial charge in [0.1, 0.15) is 17.7 Å². The van der Waals surface area contributed by atoms with Crippen LogP contribution in [-0.2, 0) is 10.3 Å². The lowest BCUT2D eigenvalue weighted by Gasteiger charge is -2.44. The molecule has 0 aliphatic rings. The zero-order valence-electron chi connectivity index (χ0n) is 17.8. The number of alkyl halides is 3. The van der Waals surface area contributed by atoms with Crippen LogP contribution in [0.4, 0.5) is 13.2 Å². The third-order valence-electron chi connectivity index (χ3n) is 4.93. The fourth-order valence-electron chi connectivity index (χ4n) is 3.66. The van der Waals surface area contributed by atoms with Gasteiger partial charge in [-0.05, 0) is 30.7 Å². The predicted molar refractivity (Wildman–Crippen MR) is 110 cm³/mol. The van der Waals surface area contributed by atoms with E-state index in [9.17, 15) is 13.2 Å². The van der Waals surface area contributed by atoms with E-state index in [0.717, 1.165) is 16.7 Å². The Balaban J connectivity index is 1.99. The molecule has 31 heavy (non-hydrogen) atoms. The smallest absolute Gasteiger partial charge is 0.406 e. The van der Waals surface area contributed by atoms with Crippen molar-refractivity contribution >= 4 is 0 Å². The van der Waals surface area contributed by atoms with E-state index in [0.29, 0.717) is 12.3 Å². The van der Waals surface area contributed by atoms with Gasteiger partial charge in [-0.25, -0.2) is 9.97 Å². The molecule has 0 saturated carbocycles. The van der Waals surface area contributed by atoms with Crippen LogP contribution >= 0.6 is 0 Å². The van der Waals surface area contributed by atoms with E-state index in [2.05, 4.69) is 40.5 Å². The minimum atomic E-state index is -4.72. The molecule has 0 aliphatic heterocycles. The molecule has 3 aromatic rings. The second-order valence-electron chi connectivity index (χ2n) is 8.00. The molecular weight excluding hydrogens is 407 g/mol. The Morgan fingerprint density at radius 2 is 1.45 bits per heavy atom. The molecule has 8 heteroatoms. The number of aromatic nitrogens is 3. The summed E-state index contributed by atoms with van der Waals surface area (Å²) in [4.78, 5) is 13.0. The highest BCUT2D eigenvalue weighted by molar-refractivity contribution is 5.63. The van der Waals surface area contributed by atoms with Crippen LogP contribution in [0.2, 0.25) is 0 Å². The second-order valence-corrected chi connectivity index (χ2v) is 8.00. The maximum Gasteiger partial charge on any atom is 0.573 e. The van der Waals surface area contributed by atoms with Crippen LogP contribution in [0.1, 0.15) is 39.0 Å². The monoisotopic (exact) mass is 431 g/mol. The van der Waals surface area contributed by atoms with Crippen molar-refractivity contribution in [1.82, 2.24) is 15.0 Å². The van der Waals surface area contributed by atoms with Gasteiger partial charge in [-0.2, -0.15) is 0 Å². The summed E-state index contributed by atoms with van der Waals surface area (Å²) in [6.07, 6.45) is 1.87. The SMILES string of the molecule is CCOC(c1cncnc1)(c1ccc(-c2ccc(OC(F)(F)F)cc2)cn1)C(C)(C)C. The molecule has 1 atom stereocenters. The summed E-state index contributed by atoms with van der Waals surface area (Å²) in [5.74, 6) is -0.270. The fraction of sp³-hybridized carbons (Fsp3) is 0.348. The van der Waals surface area contributed by atoms with E-state index in [-0.39, 0.29) is 11.2 Å². The topological polar surface area (TPSA) is 57.1 Å². The Labute approximate surface area is 179 Å². The minimum absolute atomic E-state index is 0.270. The van der Waals surface area contributed by atoms with Crippen molar-refractivity contribution in [3.05, 3.63) is 72.6 Å². The molecule has 0 saturated heterocycles. The Hall–Kier alpha value is -3.00. The van der Waals surface area contributed by atoms with Crippen molar-refractivity contribution in [2.75, 3.05) is 6.61 Å². The van der Waals surface area contributed by atoms with Gasteiger partial charge < -0.3 is 9.47 Å².